The summed E-state index contributed by atoms with van der Waals surface area (Å²) in [6.07, 6.45) is 5.71. The minimum atomic E-state index is -0.797. The minimum absolute atomic E-state index is 0.0934. The number of likely N-dealkylation sites (tertiary alicyclic amines) is 1. The Balaban J connectivity index is 1.69. The number of fused-ring (bicyclic) bond motifs is 2. The Hall–Kier alpha value is -1.10. The van der Waals surface area contributed by atoms with Crippen molar-refractivity contribution in [2.45, 2.75) is 50.6 Å². The predicted octanol–water partition coefficient (Wildman–Crippen LogP) is 1.18. The van der Waals surface area contributed by atoms with Gasteiger partial charge in [-0.2, -0.15) is 0 Å². The lowest BCUT2D eigenvalue weighted by Gasteiger charge is -2.29. The van der Waals surface area contributed by atoms with Gasteiger partial charge in [-0.1, -0.05) is 6.42 Å². The van der Waals surface area contributed by atoms with Crippen LogP contribution in [0.5, 0.6) is 0 Å². The topological polar surface area (TPSA) is 60.9 Å². The Kier molecular flexibility index (Phi) is 3.71. The van der Waals surface area contributed by atoms with Crippen LogP contribution >= 0.6 is 0 Å². The average Bonchev–Trinajstić information content (AvgIpc) is 2.95. The molecule has 3 rings (SSSR count). The second-order valence-corrected chi connectivity index (χ2v) is 6.61. The molecule has 2 aliphatic heterocycles. The predicted molar refractivity (Wildman–Crippen MR) is 74.2 cm³/mol. The van der Waals surface area contributed by atoms with Crippen molar-refractivity contribution in [2.24, 2.45) is 11.8 Å². The summed E-state index contributed by atoms with van der Waals surface area (Å²) in [4.78, 5) is 28.3. The van der Waals surface area contributed by atoms with E-state index in [4.69, 9.17) is 0 Å². The number of carboxylic acids is 1. The van der Waals surface area contributed by atoms with Gasteiger partial charge in [0.1, 0.15) is 0 Å². The van der Waals surface area contributed by atoms with Crippen molar-refractivity contribution >= 4 is 11.9 Å². The highest BCUT2D eigenvalue weighted by molar-refractivity contribution is 5.85. The Labute approximate surface area is 119 Å². The highest BCUT2D eigenvalue weighted by Gasteiger charge is 2.42. The van der Waals surface area contributed by atoms with Crippen molar-refractivity contribution in [3.8, 4) is 0 Å². The third-order valence-electron chi connectivity index (χ3n) is 5.61. The van der Waals surface area contributed by atoms with Gasteiger partial charge < -0.3 is 10.0 Å². The van der Waals surface area contributed by atoms with Gasteiger partial charge >= 0.3 is 5.97 Å². The monoisotopic (exact) mass is 280 g/mol. The maximum Gasteiger partial charge on any atom is 0.307 e. The molecule has 20 heavy (non-hydrogen) atoms. The van der Waals surface area contributed by atoms with E-state index in [1.165, 1.54) is 6.42 Å². The van der Waals surface area contributed by atoms with Crippen LogP contribution in [0.25, 0.3) is 0 Å². The number of carbonyl (C=O) groups excluding carboxylic acids is 1. The Morgan fingerprint density at radius 1 is 1.00 bits per heavy atom. The molecule has 2 heterocycles. The van der Waals surface area contributed by atoms with Crippen molar-refractivity contribution in [2.75, 3.05) is 20.1 Å². The molecule has 0 aromatic heterocycles. The molecule has 4 atom stereocenters. The van der Waals surface area contributed by atoms with Crippen molar-refractivity contribution < 1.29 is 14.7 Å². The molecule has 2 bridgehead atoms. The molecule has 3 fully saturated rings. The molecule has 5 nitrogen and oxygen atoms in total. The van der Waals surface area contributed by atoms with Crippen molar-refractivity contribution in [1.82, 2.24) is 9.80 Å². The first-order chi connectivity index (χ1) is 9.58. The van der Waals surface area contributed by atoms with Crippen LogP contribution in [0.15, 0.2) is 0 Å². The molecule has 0 aromatic rings. The number of likely N-dealkylation sites (N-methyl/N-ethyl adjacent to an activating group) is 1. The normalized spacial score (nSPS) is 38.0. The van der Waals surface area contributed by atoms with Crippen LogP contribution in [-0.4, -0.2) is 59.0 Å². The third kappa shape index (κ3) is 2.32. The zero-order chi connectivity index (χ0) is 14.3. The summed E-state index contributed by atoms with van der Waals surface area (Å²) in [6, 6.07) is 1.08. The van der Waals surface area contributed by atoms with Crippen LogP contribution in [0.4, 0.5) is 0 Å². The van der Waals surface area contributed by atoms with Crippen LogP contribution in [0.2, 0.25) is 0 Å². The van der Waals surface area contributed by atoms with Crippen molar-refractivity contribution in [1.29, 1.82) is 0 Å². The maximum absolute atomic E-state index is 12.7. The van der Waals surface area contributed by atoms with E-state index in [9.17, 15) is 14.7 Å². The summed E-state index contributed by atoms with van der Waals surface area (Å²) in [5, 5.41) is 9.25. The molecule has 4 unspecified atom stereocenters. The molecule has 3 aliphatic rings. The van der Waals surface area contributed by atoms with Crippen LogP contribution in [-0.2, 0) is 9.59 Å². The lowest BCUT2D eigenvalue weighted by molar-refractivity contribution is -0.149. The molecule has 1 N–H and O–H groups in total. The molecule has 1 amide bonds. The first-order valence-electron chi connectivity index (χ1n) is 7.81. The average molecular weight is 280 g/mol. The standard InChI is InChI=1S/C15H24N2O3/c1-16-10-5-6-11(16)9-17(8-7-10)14(18)12-3-2-4-13(12)15(19)20/h10-13H,2-9H2,1H3,(H,19,20). The molecule has 5 heteroatoms. The molecule has 0 spiro atoms. The fourth-order valence-electron chi connectivity index (χ4n) is 4.29. The summed E-state index contributed by atoms with van der Waals surface area (Å²) >= 11 is 0. The number of hydrogen-bond acceptors (Lipinski definition) is 3. The number of nitrogens with zero attached hydrogens (tertiary/aromatic N) is 2. The molecular weight excluding hydrogens is 256 g/mol. The summed E-state index contributed by atoms with van der Waals surface area (Å²) in [6.45, 7) is 1.59. The van der Waals surface area contributed by atoms with Gasteiger partial charge in [0.05, 0.1) is 11.8 Å². The van der Waals surface area contributed by atoms with E-state index in [2.05, 4.69) is 11.9 Å². The molecule has 0 aromatic carbocycles. The fourth-order valence-corrected chi connectivity index (χ4v) is 4.29. The van der Waals surface area contributed by atoms with E-state index in [-0.39, 0.29) is 11.8 Å². The van der Waals surface area contributed by atoms with Crippen LogP contribution in [0, 0.1) is 11.8 Å². The van der Waals surface area contributed by atoms with E-state index >= 15 is 0 Å². The van der Waals surface area contributed by atoms with Gasteiger partial charge in [-0.3, -0.25) is 14.5 Å². The molecule has 1 aliphatic carbocycles. The van der Waals surface area contributed by atoms with E-state index in [1.54, 1.807) is 0 Å². The molecule has 112 valence electrons. The van der Waals surface area contributed by atoms with Crippen LogP contribution in [0.3, 0.4) is 0 Å². The maximum atomic E-state index is 12.7. The van der Waals surface area contributed by atoms with Gasteiger partial charge in [0.25, 0.3) is 0 Å². The molecule has 2 saturated heterocycles. The fraction of sp³-hybridized carbons (Fsp3) is 0.867. The quantitative estimate of drug-likeness (QED) is 0.825. The lowest BCUT2D eigenvalue weighted by atomic mass is 9.94. The summed E-state index contributed by atoms with van der Waals surface area (Å²) in [5.41, 5.74) is 0. The summed E-state index contributed by atoms with van der Waals surface area (Å²) in [7, 11) is 2.16. The van der Waals surface area contributed by atoms with Gasteiger partial charge in [-0.05, 0) is 39.2 Å². The summed E-state index contributed by atoms with van der Waals surface area (Å²) in [5.74, 6) is -1.44. The number of carboxylic acid groups (broad SMARTS) is 1. The molecule has 1 saturated carbocycles. The van der Waals surface area contributed by atoms with Gasteiger partial charge in [0.2, 0.25) is 5.91 Å². The lowest BCUT2D eigenvalue weighted by Crippen LogP contribution is -2.44. The second-order valence-electron chi connectivity index (χ2n) is 6.61. The first kappa shape index (κ1) is 13.9. The highest BCUT2D eigenvalue weighted by Crippen LogP contribution is 2.35. The Morgan fingerprint density at radius 2 is 1.70 bits per heavy atom. The second kappa shape index (κ2) is 5.35. The largest absolute Gasteiger partial charge is 0.481 e. The number of aliphatic carboxylic acids is 1. The Bertz CT molecular complexity index is 412. The third-order valence-corrected chi connectivity index (χ3v) is 5.61. The number of hydrogen-bond donors (Lipinski definition) is 1. The van der Waals surface area contributed by atoms with Crippen LogP contribution < -0.4 is 0 Å². The smallest absolute Gasteiger partial charge is 0.307 e. The SMILES string of the molecule is CN1C2CCC1CN(C(=O)C1CCCC1C(=O)O)CC2. The van der Waals surface area contributed by atoms with Crippen molar-refractivity contribution in [3.05, 3.63) is 0 Å². The van der Waals surface area contributed by atoms with Gasteiger partial charge in [-0.25, -0.2) is 0 Å². The van der Waals surface area contributed by atoms with Crippen molar-refractivity contribution in [3.63, 3.8) is 0 Å². The number of amides is 1. The van der Waals surface area contributed by atoms with Crippen LogP contribution in [0.1, 0.15) is 38.5 Å². The van der Waals surface area contributed by atoms with E-state index < -0.39 is 11.9 Å². The molecular formula is C15H24N2O3. The Morgan fingerprint density at radius 3 is 2.45 bits per heavy atom. The van der Waals surface area contributed by atoms with Gasteiger partial charge in [-0.15, -0.1) is 0 Å². The van der Waals surface area contributed by atoms with Gasteiger partial charge in [0, 0.05) is 25.2 Å². The molecule has 0 radical (unpaired) electrons. The minimum Gasteiger partial charge on any atom is -0.481 e. The summed E-state index contributed by atoms with van der Waals surface area (Å²) < 4.78 is 0. The van der Waals surface area contributed by atoms with E-state index in [0.29, 0.717) is 18.5 Å². The zero-order valence-electron chi connectivity index (χ0n) is 12.1. The number of rotatable bonds is 2. The first-order valence-corrected chi connectivity index (χ1v) is 7.81. The van der Waals surface area contributed by atoms with Gasteiger partial charge in [0.15, 0.2) is 0 Å². The van der Waals surface area contributed by atoms with E-state index in [1.807, 2.05) is 4.90 Å². The van der Waals surface area contributed by atoms with E-state index in [0.717, 1.165) is 38.8 Å². The highest BCUT2D eigenvalue weighted by atomic mass is 16.4. The number of carbonyl (C=O) groups is 2. The zero-order valence-corrected chi connectivity index (χ0v) is 12.1.